The second-order valence-electron chi connectivity index (χ2n) is 2.98. The van der Waals surface area contributed by atoms with Gasteiger partial charge in [0.25, 0.3) is 0 Å². The minimum absolute atomic E-state index is 0.137. The molecule has 1 amide bonds. The number of aliphatic hydroxyl groups is 1. The lowest BCUT2D eigenvalue weighted by Crippen LogP contribution is -2.07. The Bertz CT molecular complexity index is 328. The molecule has 1 aromatic carbocycles. The summed E-state index contributed by atoms with van der Waals surface area (Å²) in [5.74, 6) is 0.00582. The molecule has 3 nitrogen and oxygen atoms in total. The Morgan fingerprint density at radius 3 is 2.93 bits per heavy atom. The molecule has 1 aromatic rings. The number of carbonyl (C=O) groups is 1. The van der Waals surface area contributed by atoms with Crippen LogP contribution in [0.15, 0.2) is 24.3 Å². The van der Waals surface area contributed by atoms with Crippen LogP contribution >= 0.6 is 11.6 Å². The Kier molecular flexibility index (Phi) is 3.92. The third-order valence-electron chi connectivity index (χ3n) is 1.74. The zero-order chi connectivity index (χ0) is 10.6. The van der Waals surface area contributed by atoms with E-state index in [1.165, 1.54) is 6.92 Å². The van der Waals surface area contributed by atoms with Crippen molar-refractivity contribution in [2.24, 2.45) is 0 Å². The second-order valence-corrected chi connectivity index (χ2v) is 3.29. The number of aliphatic hydroxyl groups excluding tert-OH is 1. The Morgan fingerprint density at radius 2 is 2.36 bits per heavy atom. The van der Waals surface area contributed by atoms with Crippen molar-refractivity contribution >= 4 is 23.2 Å². The first-order valence-corrected chi connectivity index (χ1v) is 4.78. The predicted molar refractivity (Wildman–Crippen MR) is 56.4 cm³/mol. The molecule has 14 heavy (non-hydrogen) atoms. The molecule has 0 saturated carbocycles. The summed E-state index contributed by atoms with van der Waals surface area (Å²) in [6.45, 7) is 1.44. The van der Waals surface area contributed by atoms with Gasteiger partial charge in [0.05, 0.1) is 12.0 Å². The molecule has 0 bridgehead atoms. The second kappa shape index (κ2) is 4.98. The van der Waals surface area contributed by atoms with Crippen molar-refractivity contribution in [3.05, 3.63) is 29.8 Å². The lowest BCUT2D eigenvalue weighted by molar-refractivity contribution is -0.114. The highest BCUT2D eigenvalue weighted by atomic mass is 35.5. The van der Waals surface area contributed by atoms with Crippen LogP contribution < -0.4 is 5.32 Å². The largest absolute Gasteiger partial charge is 0.387 e. The minimum Gasteiger partial charge on any atom is -0.387 e. The zero-order valence-corrected chi connectivity index (χ0v) is 8.58. The van der Waals surface area contributed by atoms with Crippen LogP contribution in [0.25, 0.3) is 0 Å². The van der Waals surface area contributed by atoms with Gasteiger partial charge in [-0.05, 0) is 17.7 Å². The Hall–Kier alpha value is -1.06. The maximum atomic E-state index is 10.8. The van der Waals surface area contributed by atoms with Gasteiger partial charge in [0, 0.05) is 12.6 Å². The minimum atomic E-state index is -0.689. The molecule has 0 aliphatic rings. The van der Waals surface area contributed by atoms with Crippen LogP contribution in [0.4, 0.5) is 5.69 Å². The van der Waals surface area contributed by atoms with E-state index in [2.05, 4.69) is 5.32 Å². The van der Waals surface area contributed by atoms with Gasteiger partial charge in [-0.15, -0.1) is 11.6 Å². The summed E-state index contributed by atoms with van der Waals surface area (Å²) >= 11 is 5.51. The Morgan fingerprint density at radius 1 is 1.64 bits per heavy atom. The topological polar surface area (TPSA) is 49.3 Å². The van der Waals surface area contributed by atoms with Crippen LogP contribution in [0.3, 0.4) is 0 Å². The van der Waals surface area contributed by atoms with Crippen molar-refractivity contribution in [1.29, 1.82) is 0 Å². The van der Waals surface area contributed by atoms with Gasteiger partial charge in [-0.2, -0.15) is 0 Å². The van der Waals surface area contributed by atoms with Crippen molar-refractivity contribution in [1.82, 2.24) is 0 Å². The third-order valence-corrected chi connectivity index (χ3v) is 2.03. The van der Waals surface area contributed by atoms with E-state index >= 15 is 0 Å². The molecule has 0 saturated heterocycles. The van der Waals surface area contributed by atoms with E-state index in [0.29, 0.717) is 11.3 Å². The van der Waals surface area contributed by atoms with E-state index in [-0.39, 0.29) is 11.8 Å². The molecule has 4 heteroatoms. The number of hydrogen-bond donors (Lipinski definition) is 2. The van der Waals surface area contributed by atoms with Gasteiger partial charge < -0.3 is 10.4 Å². The number of nitrogens with one attached hydrogen (secondary N) is 1. The van der Waals surface area contributed by atoms with Crippen LogP contribution in [0.5, 0.6) is 0 Å². The number of benzene rings is 1. The zero-order valence-electron chi connectivity index (χ0n) is 7.83. The predicted octanol–water partition coefficient (Wildman–Crippen LogP) is 1.92. The number of halogens is 1. The first kappa shape index (κ1) is 11.0. The SMILES string of the molecule is CC(=O)Nc1cccc(C(O)CCl)c1. The van der Waals surface area contributed by atoms with Crippen molar-refractivity contribution in [2.75, 3.05) is 11.2 Å². The Balaban J connectivity index is 2.83. The molecule has 0 aromatic heterocycles. The van der Waals surface area contributed by atoms with E-state index in [1.54, 1.807) is 24.3 Å². The van der Waals surface area contributed by atoms with Crippen molar-refractivity contribution < 1.29 is 9.90 Å². The van der Waals surface area contributed by atoms with Crippen LogP contribution in [-0.2, 0) is 4.79 Å². The van der Waals surface area contributed by atoms with Crippen LogP contribution in [0.1, 0.15) is 18.6 Å². The Labute approximate surface area is 87.7 Å². The van der Waals surface area contributed by atoms with E-state index in [9.17, 15) is 9.90 Å². The molecule has 1 rings (SSSR count). The molecule has 2 N–H and O–H groups in total. The van der Waals surface area contributed by atoms with Gasteiger partial charge in [0.2, 0.25) is 5.91 Å². The first-order valence-electron chi connectivity index (χ1n) is 4.25. The molecular weight excluding hydrogens is 202 g/mol. The number of amides is 1. The van der Waals surface area contributed by atoms with Gasteiger partial charge in [-0.1, -0.05) is 12.1 Å². The fraction of sp³-hybridized carbons (Fsp3) is 0.300. The number of hydrogen-bond acceptors (Lipinski definition) is 2. The first-order chi connectivity index (χ1) is 6.63. The summed E-state index contributed by atoms with van der Waals surface area (Å²) in [5.41, 5.74) is 1.37. The molecular formula is C10H12ClNO2. The van der Waals surface area contributed by atoms with Crippen molar-refractivity contribution in [3.63, 3.8) is 0 Å². The average Bonchev–Trinajstić information content (AvgIpc) is 2.16. The highest BCUT2D eigenvalue weighted by Crippen LogP contribution is 2.18. The summed E-state index contributed by atoms with van der Waals surface area (Å²) in [4.78, 5) is 10.8. The lowest BCUT2D eigenvalue weighted by Gasteiger charge is -2.09. The molecule has 0 aliphatic carbocycles. The molecule has 0 spiro atoms. The molecule has 0 fully saturated rings. The number of anilines is 1. The molecule has 0 aliphatic heterocycles. The van der Waals surface area contributed by atoms with Gasteiger partial charge in [0.1, 0.15) is 0 Å². The van der Waals surface area contributed by atoms with Crippen LogP contribution in [0.2, 0.25) is 0 Å². The highest BCUT2D eigenvalue weighted by molar-refractivity contribution is 6.18. The molecule has 1 atom stereocenters. The van der Waals surface area contributed by atoms with Crippen LogP contribution in [0, 0.1) is 0 Å². The number of alkyl halides is 1. The van der Waals surface area contributed by atoms with Crippen molar-refractivity contribution in [3.8, 4) is 0 Å². The molecule has 0 radical (unpaired) electrons. The van der Waals surface area contributed by atoms with Gasteiger partial charge in [-0.3, -0.25) is 4.79 Å². The fourth-order valence-electron chi connectivity index (χ4n) is 1.12. The number of rotatable bonds is 3. The summed E-state index contributed by atoms with van der Waals surface area (Å²) in [6.07, 6.45) is -0.689. The number of carbonyl (C=O) groups excluding carboxylic acids is 1. The van der Waals surface area contributed by atoms with Gasteiger partial charge in [0.15, 0.2) is 0 Å². The standard InChI is InChI=1S/C10H12ClNO2/c1-7(13)12-9-4-2-3-8(5-9)10(14)6-11/h2-5,10,14H,6H2,1H3,(H,12,13). The summed E-state index contributed by atoms with van der Waals surface area (Å²) in [6, 6.07) is 6.98. The van der Waals surface area contributed by atoms with E-state index in [0.717, 1.165) is 0 Å². The maximum Gasteiger partial charge on any atom is 0.221 e. The quantitative estimate of drug-likeness (QED) is 0.754. The van der Waals surface area contributed by atoms with Crippen LogP contribution in [-0.4, -0.2) is 16.9 Å². The van der Waals surface area contributed by atoms with Gasteiger partial charge in [-0.25, -0.2) is 0 Å². The monoisotopic (exact) mass is 213 g/mol. The van der Waals surface area contributed by atoms with Crippen molar-refractivity contribution in [2.45, 2.75) is 13.0 Å². The average molecular weight is 214 g/mol. The maximum absolute atomic E-state index is 10.8. The van der Waals surface area contributed by atoms with E-state index in [1.807, 2.05) is 0 Å². The van der Waals surface area contributed by atoms with E-state index < -0.39 is 6.10 Å². The van der Waals surface area contributed by atoms with E-state index in [4.69, 9.17) is 11.6 Å². The summed E-state index contributed by atoms with van der Waals surface area (Å²) in [5, 5.41) is 12.1. The van der Waals surface area contributed by atoms with Gasteiger partial charge >= 0.3 is 0 Å². The highest BCUT2D eigenvalue weighted by Gasteiger charge is 2.06. The fourth-order valence-corrected chi connectivity index (χ4v) is 1.29. The molecule has 0 heterocycles. The lowest BCUT2D eigenvalue weighted by atomic mass is 10.1. The smallest absolute Gasteiger partial charge is 0.221 e. The summed E-state index contributed by atoms with van der Waals surface area (Å²) < 4.78 is 0. The third kappa shape index (κ3) is 3.01. The molecule has 1 unspecified atom stereocenters. The summed E-state index contributed by atoms with van der Waals surface area (Å²) in [7, 11) is 0. The molecule has 76 valence electrons. The normalized spacial score (nSPS) is 12.2.